The van der Waals surface area contributed by atoms with E-state index in [1.165, 1.54) is 7.11 Å². The second-order valence-electron chi connectivity index (χ2n) is 13.1. The maximum Gasteiger partial charge on any atom is 0.319 e. The molecule has 0 saturated heterocycles. The molecule has 0 heterocycles. The first-order valence-corrected chi connectivity index (χ1v) is 13.0. The second kappa shape index (κ2) is 7.31. The summed E-state index contributed by atoms with van der Waals surface area (Å²) in [4.78, 5) is 38.8. The molecular weight excluding hydrogens is 456 g/mol. The average molecular weight is 495 g/mol. The number of aliphatic hydroxyl groups excluding tert-OH is 2. The first-order valence-electron chi connectivity index (χ1n) is 13.0. The summed E-state index contributed by atoms with van der Waals surface area (Å²) < 4.78 is 5.09. The molecule has 0 amide bonds. The molecule has 0 bridgehead atoms. The molecule has 5 rings (SSSR count). The van der Waals surface area contributed by atoms with E-state index in [1.807, 2.05) is 6.08 Å². The molecule has 0 spiro atoms. The van der Waals surface area contributed by atoms with E-state index < -0.39 is 39.1 Å². The summed E-state index contributed by atoms with van der Waals surface area (Å²) in [6.07, 6.45) is 7.59. The highest BCUT2D eigenvalue weighted by Gasteiger charge is 2.71. The molecule has 2 N–H and O–H groups in total. The van der Waals surface area contributed by atoms with Crippen LogP contribution in [0.15, 0.2) is 46.3 Å². The van der Waals surface area contributed by atoms with Crippen LogP contribution >= 0.6 is 0 Å². The molecule has 3 saturated carbocycles. The molecule has 0 aromatic carbocycles. The van der Waals surface area contributed by atoms with Crippen molar-refractivity contribution >= 4 is 17.5 Å². The number of carbonyl (C=O) groups excluding carboxylic acids is 3. The molecule has 0 aliphatic heterocycles. The Morgan fingerprint density at radius 2 is 1.72 bits per heavy atom. The number of methoxy groups -OCH3 is 1. The van der Waals surface area contributed by atoms with Crippen LogP contribution in [0.3, 0.4) is 0 Å². The number of fused-ring (bicyclic) bond motifs is 7. The van der Waals surface area contributed by atoms with Gasteiger partial charge in [0, 0.05) is 22.8 Å². The predicted octanol–water partition coefficient (Wildman–Crippen LogP) is 4.94. The van der Waals surface area contributed by atoms with E-state index in [0.717, 1.165) is 29.6 Å². The van der Waals surface area contributed by atoms with Crippen LogP contribution in [0, 0.1) is 33.0 Å². The molecule has 3 fully saturated rings. The molecule has 5 aliphatic carbocycles. The Labute approximate surface area is 213 Å². The Morgan fingerprint density at radius 1 is 1.06 bits per heavy atom. The van der Waals surface area contributed by atoms with Crippen molar-refractivity contribution in [2.45, 2.75) is 79.8 Å². The topological polar surface area (TPSA) is 101 Å². The smallest absolute Gasteiger partial charge is 0.319 e. The number of aliphatic hydroxyl groups is 2. The number of ketones is 2. The van der Waals surface area contributed by atoms with Gasteiger partial charge in [-0.15, -0.1) is 0 Å². The van der Waals surface area contributed by atoms with Crippen molar-refractivity contribution in [1.82, 2.24) is 0 Å². The maximum atomic E-state index is 13.3. The van der Waals surface area contributed by atoms with Gasteiger partial charge in [0.15, 0.2) is 5.76 Å². The van der Waals surface area contributed by atoms with Crippen molar-refractivity contribution in [2.24, 2.45) is 33.0 Å². The van der Waals surface area contributed by atoms with E-state index in [1.54, 1.807) is 19.9 Å². The van der Waals surface area contributed by atoms with Crippen LogP contribution in [0.4, 0.5) is 0 Å². The summed E-state index contributed by atoms with van der Waals surface area (Å²) in [5.74, 6) is -1.16. The number of allylic oxidation sites excluding steroid dienone is 6. The molecular formula is C30H38O6. The Bertz CT molecular complexity index is 1230. The Hall–Kier alpha value is -2.47. The van der Waals surface area contributed by atoms with E-state index in [4.69, 9.17) is 4.74 Å². The van der Waals surface area contributed by atoms with E-state index in [2.05, 4.69) is 33.8 Å². The Balaban J connectivity index is 1.68. The largest absolute Gasteiger partial charge is 0.504 e. The van der Waals surface area contributed by atoms with Crippen LogP contribution in [0.25, 0.3) is 0 Å². The minimum atomic E-state index is -1.20. The number of ether oxygens (including phenoxy) is 1. The van der Waals surface area contributed by atoms with Gasteiger partial charge in [-0.25, -0.2) is 0 Å². The lowest BCUT2D eigenvalue weighted by atomic mass is 9.33. The Morgan fingerprint density at radius 3 is 2.36 bits per heavy atom. The van der Waals surface area contributed by atoms with Gasteiger partial charge in [-0.1, -0.05) is 45.4 Å². The lowest BCUT2D eigenvalue weighted by Gasteiger charge is -2.70. The zero-order valence-electron chi connectivity index (χ0n) is 22.4. The van der Waals surface area contributed by atoms with Gasteiger partial charge in [0.25, 0.3) is 0 Å². The molecule has 0 aromatic heterocycles. The first kappa shape index (κ1) is 25.2. The van der Waals surface area contributed by atoms with E-state index in [0.29, 0.717) is 18.4 Å². The maximum absolute atomic E-state index is 13.3. The summed E-state index contributed by atoms with van der Waals surface area (Å²) in [5, 5.41) is 22.2. The van der Waals surface area contributed by atoms with Crippen LogP contribution in [0.1, 0.15) is 73.6 Å². The average Bonchev–Trinajstić information content (AvgIpc) is 2.81. The third kappa shape index (κ3) is 2.74. The van der Waals surface area contributed by atoms with Crippen LogP contribution in [0.2, 0.25) is 0 Å². The van der Waals surface area contributed by atoms with Crippen molar-refractivity contribution < 1.29 is 29.3 Å². The molecule has 36 heavy (non-hydrogen) atoms. The van der Waals surface area contributed by atoms with Crippen molar-refractivity contribution in [3.8, 4) is 0 Å². The molecule has 6 heteroatoms. The lowest BCUT2D eigenvalue weighted by Crippen LogP contribution is -2.68. The predicted molar refractivity (Wildman–Crippen MR) is 135 cm³/mol. The summed E-state index contributed by atoms with van der Waals surface area (Å²) in [6.45, 7) is 12.1. The SMILES string of the molecule is COC(=O)[C@@]1(C)CC2[C@](C)(CC1=O)C[C@H](O)[C@]1(C)C3=CC=C4C(=CC(=O)C(O)=C4C)[C@]3(C)CC[C@@]21C. The van der Waals surface area contributed by atoms with E-state index >= 15 is 0 Å². The summed E-state index contributed by atoms with van der Waals surface area (Å²) in [7, 11) is 1.33. The first-order chi connectivity index (χ1) is 16.6. The highest BCUT2D eigenvalue weighted by atomic mass is 16.5. The van der Waals surface area contributed by atoms with Crippen LogP contribution < -0.4 is 0 Å². The number of carbonyl (C=O) groups is 3. The van der Waals surface area contributed by atoms with Gasteiger partial charge in [0.2, 0.25) is 5.78 Å². The number of hydrogen-bond donors (Lipinski definition) is 2. The number of Topliss-reactive ketones (excluding diaryl/α,β-unsaturated/α-hetero) is 1. The summed E-state index contributed by atoms with van der Waals surface area (Å²) in [6, 6.07) is 0. The van der Waals surface area contributed by atoms with Gasteiger partial charge in [0.05, 0.1) is 13.2 Å². The molecule has 6 nitrogen and oxygen atoms in total. The molecule has 5 aliphatic rings. The minimum absolute atomic E-state index is 0.0173. The third-order valence-electron chi connectivity index (χ3n) is 11.4. The molecule has 7 atom stereocenters. The van der Waals surface area contributed by atoms with Crippen molar-refractivity contribution in [3.63, 3.8) is 0 Å². The monoisotopic (exact) mass is 494 g/mol. The fraction of sp³-hybridized carbons (Fsp3) is 0.633. The van der Waals surface area contributed by atoms with Crippen LogP contribution in [-0.2, 0) is 19.1 Å². The fourth-order valence-corrected chi connectivity index (χ4v) is 8.88. The number of hydrogen-bond acceptors (Lipinski definition) is 6. The lowest BCUT2D eigenvalue weighted by molar-refractivity contribution is -0.211. The minimum Gasteiger partial charge on any atom is -0.504 e. The molecule has 0 radical (unpaired) electrons. The zero-order valence-corrected chi connectivity index (χ0v) is 22.4. The molecule has 1 unspecified atom stereocenters. The third-order valence-corrected chi connectivity index (χ3v) is 11.4. The van der Waals surface area contributed by atoms with E-state index in [-0.39, 0.29) is 29.7 Å². The quantitative estimate of drug-likeness (QED) is 0.396. The van der Waals surface area contributed by atoms with Gasteiger partial charge in [-0.2, -0.15) is 0 Å². The van der Waals surface area contributed by atoms with Crippen molar-refractivity contribution in [2.75, 3.05) is 7.11 Å². The van der Waals surface area contributed by atoms with Crippen LogP contribution in [-0.4, -0.2) is 41.0 Å². The van der Waals surface area contributed by atoms with Gasteiger partial charge >= 0.3 is 5.97 Å². The number of esters is 1. The summed E-state index contributed by atoms with van der Waals surface area (Å²) in [5.41, 5.74) is 0.343. The van der Waals surface area contributed by atoms with Gasteiger partial charge < -0.3 is 14.9 Å². The Kier molecular flexibility index (Phi) is 5.11. The van der Waals surface area contributed by atoms with Gasteiger partial charge in [-0.3, -0.25) is 14.4 Å². The van der Waals surface area contributed by atoms with Crippen molar-refractivity contribution in [3.05, 3.63) is 46.3 Å². The van der Waals surface area contributed by atoms with Crippen molar-refractivity contribution in [1.29, 1.82) is 0 Å². The summed E-state index contributed by atoms with van der Waals surface area (Å²) >= 11 is 0. The standard InChI is InChI=1S/C30H38O6/c1-16-17-8-9-20-27(3,18(17)12-19(31)24(16)34)10-11-29(5)21-13-28(4,25(35)36-7)22(32)14-26(21,2)15-23(33)30(20,29)6/h8-9,12,21,23,33-34H,10-11,13-15H2,1-7H3/t21?,23-,26+,27-,28-,29-,30-/m0/s1. The van der Waals surface area contributed by atoms with Gasteiger partial charge in [-0.05, 0) is 73.5 Å². The molecule has 0 aromatic rings. The second-order valence-corrected chi connectivity index (χ2v) is 13.1. The normalized spacial score (nSPS) is 45.9. The number of rotatable bonds is 1. The van der Waals surface area contributed by atoms with Crippen LogP contribution in [0.5, 0.6) is 0 Å². The zero-order chi connectivity index (χ0) is 26.6. The highest BCUT2D eigenvalue weighted by molar-refractivity contribution is 6.06. The van der Waals surface area contributed by atoms with Gasteiger partial charge in [0.1, 0.15) is 11.2 Å². The fourth-order valence-electron chi connectivity index (χ4n) is 8.88. The highest BCUT2D eigenvalue weighted by Crippen LogP contribution is 2.75. The molecule has 194 valence electrons. The van der Waals surface area contributed by atoms with E-state index in [9.17, 15) is 24.6 Å².